The molecule has 0 aliphatic heterocycles. The number of esters is 4. The fourth-order valence-electron chi connectivity index (χ4n) is 9.96. The van der Waals surface area contributed by atoms with E-state index in [0.717, 1.165) is 180 Å². The molecule has 0 saturated carbocycles. The zero-order valence-corrected chi connectivity index (χ0v) is 70.5. The summed E-state index contributed by atoms with van der Waals surface area (Å²) in [4.78, 5) is 73.2. The van der Waals surface area contributed by atoms with Crippen molar-refractivity contribution < 1.29 is 80.2 Å². The molecule has 5 unspecified atom stereocenters. The summed E-state index contributed by atoms with van der Waals surface area (Å²) >= 11 is 0. The zero-order chi connectivity index (χ0) is 81.7. The van der Waals surface area contributed by atoms with Crippen LogP contribution in [0.15, 0.2) is 231 Å². The second-order valence-corrected chi connectivity index (χ2v) is 29.4. The van der Waals surface area contributed by atoms with Crippen molar-refractivity contribution in [1.82, 2.24) is 0 Å². The lowest BCUT2D eigenvalue weighted by molar-refractivity contribution is -0.161. The number of carbonyl (C=O) groups excluding carboxylic acids is 4. The lowest BCUT2D eigenvalue weighted by Crippen LogP contribution is -2.30. The van der Waals surface area contributed by atoms with Gasteiger partial charge in [-0.25, -0.2) is 9.13 Å². The lowest BCUT2D eigenvalue weighted by Gasteiger charge is -2.21. The van der Waals surface area contributed by atoms with Crippen molar-refractivity contribution in [3.63, 3.8) is 0 Å². The van der Waals surface area contributed by atoms with Gasteiger partial charge in [-0.1, -0.05) is 291 Å². The monoisotopic (exact) mass is 1590 g/mol. The van der Waals surface area contributed by atoms with Gasteiger partial charge in [-0.05, 0) is 186 Å². The van der Waals surface area contributed by atoms with Crippen LogP contribution in [0.25, 0.3) is 0 Å². The number of allylic oxidation sites excluding steroid dienone is 38. The Morgan fingerprint density at radius 1 is 0.250 bits per heavy atom. The van der Waals surface area contributed by atoms with Gasteiger partial charge in [0, 0.05) is 25.7 Å². The largest absolute Gasteiger partial charge is 0.472 e. The van der Waals surface area contributed by atoms with Crippen LogP contribution in [0.5, 0.6) is 0 Å². The number of carbonyl (C=O) groups is 4. The first-order chi connectivity index (χ1) is 54.7. The van der Waals surface area contributed by atoms with Gasteiger partial charge < -0.3 is 33.8 Å². The zero-order valence-electron chi connectivity index (χ0n) is 68.7. The van der Waals surface area contributed by atoms with Crippen LogP contribution >= 0.6 is 15.6 Å². The maximum atomic E-state index is 13.1. The van der Waals surface area contributed by atoms with E-state index in [0.29, 0.717) is 38.5 Å². The molecule has 0 rings (SSSR count). The van der Waals surface area contributed by atoms with Crippen molar-refractivity contribution in [2.45, 2.75) is 290 Å². The predicted octanol–water partition coefficient (Wildman–Crippen LogP) is 25.0. The Kier molecular flexibility index (Phi) is 77.1. The summed E-state index contributed by atoms with van der Waals surface area (Å²) in [5.74, 6) is -2.40. The van der Waals surface area contributed by atoms with Crippen LogP contribution in [0.1, 0.15) is 272 Å². The van der Waals surface area contributed by atoms with E-state index < -0.39 is 97.5 Å². The fourth-order valence-corrected chi connectivity index (χ4v) is 11.5. The minimum absolute atomic E-state index is 0.0156. The van der Waals surface area contributed by atoms with Gasteiger partial charge in [0.2, 0.25) is 0 Å². The number of ether oxygens (including phenoxy) is 4. The fraction of sp³-hybridized carbons (Fsp3) is 0.548. The van der Waals surface area contributed by atoms with E-state index in [1.54, 1.807) is 0 Å². The van der Waals surface area contributed by atoms with E-state index in [1.807, 2.05) is 24.3 Å². The number of hydrogen-bond acceptors (Lipinski definition) is 15. The number of phosphoric acid groups is 2. The van der Waals surface area contributed by atoms with Gasteiger partial charge in [0.05, 0.1) is 26.4 Å². The second kappa shape index (κ2) is 82.1. The minimum Gasteiger partial charge on any atom is -0.462 e. The standard InChI is InChI=1S/C93H144O17P2/c1-5-9-13-17-21-25-29-33-37-40-43-46-50-53-57-61-65-69-73-77-90(95)103-83-88(109-92(97)79-75-71-67-63-59-55-49-36-32-28-24-20-16-12-8-4)85-107-111(99,100)105-81-87(94)82-106-112(101,102)108-86-89(110-93(98)80-76-72-68-64-60-56-52-48-45-42-39-35-31-27-23-19-15-11-7-3)84-104-91(96)78-74-70-66-62-58-54-51-47-44-41-38-34-30-26-22-18-14-10-6-2/h9-16,21-28,33-39,43-49,53-54,57-59,63,65,69,87-89,94H,5-8,17-20,29-32,40-42,50-52,55-56,60-62,64,66-68,70-86H2,1-4H3,(H,99,100)(H,101,102)/b13-9-,14-10-,15-11-,16-12-,25-21-,26-22-,27-23-,28-24-,37-33-,38-34-,39-35-,46-43-,47-44-,48-45-,49-36-,57-53-,58-54-,63-59-,69-65-. The normalized spacial score (nSPS) is 15.0. The molecule has 0 bridgehead atoms. The summed E-state index contributed by atoms with van der Waals surface area (Å²) in [6, 6.07) is 0. The van der Waals surface area contributed by atoms with Crippen molar-refractivity contribution >= 4 is 39.5 Å². The molecular weight excluding hydrogens is 1450 g/mol. The first-order valence-electron chi connectivity index (χ1n) is 41.6. The molecule has 0 saturated heterocycles. The first-order valence-corrected chi connectivity index (χ1v) is 44.6. The second-order valence-electron chi connectivity index (χ2n) is 26.5. The summed E-state index contributed by atoms with van der Waals surface area (Å²) in [6.07, 6.45) is 106. The average molecular weight is 1600 g/mol. The molecule has 0 aromatic carbocycles. The van der Waals surface area contributed by atoms with Crippen LogP contribution in [-0.4, -0.2) is 96.7 Å². The van der Waals surface area contributed by atoms with Crippen LogP contribution in [0, 0.1) is 0 Å². The number of aliphatic hydroxyl groups excluding tert-OH is 1. The summed E-state index contributed by atoms with van der Waals surface area (Å²) in [6.45, 7) is 4.20. The molecule has 0 amide bonds. The van der Waals surface area contributed by atoms with E-state index >= 15 is 0 Å². The molecule has 5 atom stereocenters. The highest BCUT2D eigenvalue weighted by molar-refractivity contribution is 7.47. The summed E-state index contributed by atoms with van der Waals surface area (Å²) in [5.41, 5.74) is 0. The summed E-state index contributed by atoms with van der Waals surface area (Å²) in [7, 11) is -10.0. The van der Waals surface area contributed by atoms with E-state index in [1.165, 1.54) is 0 Å². The molecule has 0 aromatic rings. The highest BCUT2D eigenvalue weighted by Crippen LogP contribution is 2.45. The Morgan fingerprint density at radius 2 is 0.455 bits per heavy atom. The van der Waals surface area contributed by atoms with Crippen LogP contribution < -0.4 is 0 Å². The number of rotatable bonds is 75. The smallest absolute Gasteiger partial charge is 0.462 e. The molecule has 0 aromatic heterocycles. The van der Waals surface area contributed by atoms with Gasteiger partial charge in [-0.15, -0.1) is 0 Å². The van der Waals surface area contributed by atoms with E-state index in [4.69, 9.17) is 37.0 Å². The molecule has 112 heavy (non-hydrogen) atoms. The molecular formula is C93H144O17P2. The molecule has 628 valence electrons. The maximum Gasteiger partial charge on any atom is 0.472 e. The quantitative estimate of drug-likeness (QED) is 0.0169. The SMILES string of the molecule is CC/C=C\C/C=C\C/C=C\C/C=C\C/C=C\C/C=C\CCC(=O)OCC(COP(=O)(O)OCC(O)COP(=O)(O)OCC(COC(=O)CCCCC/C=C\C/C=C\C/C=C\C/C=C\C/C=C\CC)OC(=O)CCCCCCCC/C=C\C/C=C\C/C=C\C/C=C\CC)OC(=O)CCCC/C=C\C/C=C\C/C=C\C/C=C\CC. The molecule has 0 aliphatic carbocycles. The minimum atomic E-state index is -5.03. The van der Waals surface area contributed by atoms with Gasteiger partial charge >= 0.3 is 39.5 Å². The molecule has 0 aliphatic rings. The van der Waals surface area contributed by atoms with Crippen molar-refractivity contribution in [2.75, 3.05) is 39.6 Å². The molecule has 3 N–H and O–H groups in total. The Labute approximate surface area is 676 Å². The van der Waals surface area contributed by atoms with Gasteiger partial charge in [-0.3, -0.25) is 37.3 Å². The highest BCUT2D eigenvalue weighted by Gasteiger charge is 2.30. The van der Waals surface area contributed by atoms with Gasteiger partial charge in [-0.2, -0.15) is 0 Å². The third kappa shape index (κ3) is 81.1. The number of phosphoric ester groups is 2. The molecule has 19 heteroatoms. The van der Waals surface area contributed by atoms with Gasteiger partial charge in [0.15, 0.2) is 12.2 Å². The topological polar surface area (TPSA) is 237 Å². The predicted molar refractivity (Wildman–Crippen MR) is 463 cm³/mol. The highest BCUT2D eigenvalue weighted by atomic mass is 31.2. The molecule has 17 nitrogen and oxygen atoms in total. The van der Waals surface area contributed by atoms with Crippen molar-refractivity contribution in [3.05, 3.63) is 231 Å². The van der Waals surface area contributed by atoms with E-state index in [9.17, 15) is 43.2 Å². The van der Waals surface area contributed by atoms with Gasteiger partial charge in [0.1, 0.15) is 19.3 Å². The molecule has 0 fully saturated rings. The molecule has 0 radical (unpaired) electrons. The maximum absolute atomic E-state index is 13.1. The average Bonchev–Trinajstić information content (AvgIpc) is 0.898. The Morgan fingerprint density at radius 3 is 0.750 bits per heavy atom. The number of aliphatic hydroxyl groups is 1. The Bertz CT molecular complexity index is 3040. The Hall–Kier alpha value is -6.88. The van der Waals surface area contributed by atoms with Crippen molar-refractivity contribution in [3.8, 4) is 0 Å². The number of unbranched alkanes of at least 4 members (excludes halogenated alkanes) is 11. The number of hydrogen-bond donors (Lipinski definition) is 3. The van der Waals surface area contributed by atoms with Crippen molar-refractivity contribution in [2.24, 2.45) is 0 Å². The van der Waals surface area contributed by atoms with Crippen LogP contribution in [0.2, 0.25) is 0 Å². The van der Waals surface area contributed by atoms with Crippen LogP contribution in [0.4, 0.5) is 0 Å². The molecule has 0 spiro atoms. The van der Waals surface area contributed by atoms with E-state index in [-0.39, 0.29) is 25.7 Å². The van der Waals surface area contributed by atoms with Crippen LogP contribution in [-0.2, 0) is 65.4 Å². The van der Waals surface area contributed by atoms with Gasteiger partial charge in [0.25, 0.3) is 0 Å². The van der Waals surface area contributed by atoms with E-state index in [2.05, 4.69) is 234 Å². The lowest BCUT2D eigenvalue weighted by atomic mass is 10.1. The van der Waals surface area contributed by atoms with Crippen LogP contribution in [0.3, 0.4) is 0 Å². The summed E-state index contributed by atoms with van der Waals surface area (Å²) < 4.78 is 68.6. The third-order valence-corrected chi connectivity index (χ3v) is 18.0. The first kappa shape index (κ1) is 105. The molecule has 0 heterocycles. The van der Waals surface area contributed by atoms with Crippen molar-refractivity contribution in [1.29, 1.82) is 0 Å². The third-order valence-electron chi connectivity index (χ3n) is 16.1. The summed E-state index contributed by atoms with van der Waals surface area (Å²) in [5, 5.41) is 10.7. The Balaban J connectivity index is 5.56.